The van der Waals surface area contributed by atoms with E-state index < -0.39 is 5.91 Å². The highest BCUT2D eigenvalue weighted by atomic mass is 16.5. The molecule has 12 nitrogen and oxygen atoms in total. The highest BCUT2D eigenvalue weighted by Gasteiger charge is 2.20. The molecule has 4 N–H and O–H groups in total. The molecule has 0 radical (unpaired) electrons. The fraction of sp³-hybridized carbons (Fsp3) is 0.346. The van der Waals surface area contributed by atoms with Crippen LogP contribution >= 0.6 is 0 Å². The quantitative estimate of drug-likeness (QED) is 0.186. The van der Waals surface area contributed by atoms with Crippen molar-refractivity contribution in [2.24, 2.45) is 0 Å². The minimum atomic E-state index is -0.467. The van der Waals surface area contributed by atoms with Gasteiger partial charge in [-0.1, -0.05) is 18.1 Å². The van der Waals surface area contributed by atoms with E-state index in [1.165, 1.54) is 0 Å². The van der Waals surface area contributed by atoms with Crippen LogP contribution < -0.4 is 20.9 Å². The van der Waals surface area contributed by atoms with Crippen molar-refractivity contribution in [2.75, 3.05) is 50.8 Å². The zero-order valence-corrected chi connectivity index (χ0v) is 21.1. The minimum Gasteiger partial charge on any atom is -0.378 e. The molecule has 196 valence electrons. The van der Waals surface area contributed by atoms with Crippen LogP contribution in [0.2, 0.25) is 0 Å². The first-order valence-electron chi connectivity index (χ1n) is 12.4. The van der Waals surface area contributed by atoms with Gasteiger partial charge in [0.15, 0.2) is 11.6 Å². The van der Waals surface area contributed by atoms with Gasteiger partial charge in [0.2, 0.25) is 5.91 Å². The number of fused-ring (bicyclic) bond motifs is 2. The number of H-pyrrole nitrogens is 1. The number of nitrogens with one attached hydrogen (secondary N) is 4. The van der Waals surface area contributed by atoms with Crippen molar-refractivity contribution in [1.29, 1.82) is 0 Å². The predicted molar refractivity (Wildman–Crippen MR) is 142 cm³/mol. The summed E-state index contributed by atoms with van der Waals surface area (Å²) in [6.07, 6.45) is 3.79. The van der Waals surface area contributed by atoms with Gasteiger partial charge < -0.3 is 25.6 Å². The molecule has 5 rings (SSSR count). The number of carbonyl (C=O) groups is 2. The van der Waals surface area contributed by atoms with Crippen LogP contribution in [0.15, 0.2) is 36.7 Å². The smallest absolute Gasteiger partial charge is 0.296 e. The molecule has 3 aromatic heterocycles. The summed E-state index contributed by atoms with van der Waals surface area (Å²) in [5, 5.41) is 21.5. The number of ether oxygens (including phenoxy) is 1. The van der Waals surface area contributed by atoms with Crippen molar-refractivity contribution < 1.29 is 14.3 Å². The minimum absolute atomic E-state index is 0.101. The summed E-state index contributed by atoms with van der Waals surface area (Å²) in [4.78, 5) is 30.4. The second-order valence-electron chi connectivity index (χ2n) is 8.76. The fourth-order valence-electron chi connectivity index (χ4n) is 4.32. The third-order valence-corrected chi connectivity index (χ3v) is 6.14. The maximum absolute atomic E-state index is 11.9. The zero-order valence-electron chi connectivity index (χ0n) is 21.1. The van der Waals surface area contributed by atoms with Gasteiger partial charge in [-0.2, -0.15) is 5.10 Å². The molecule has 0 saturated carbocycles. The lowest BCUT2D eigenvalue weighted by molar-refractivity contribution is -0.123. The zero-order chi connectivity index (χ0) is 26.3. The van der Waals surface area contributed by atoms with Gasteiger partial charge in [0, 0.05) is 49.9 Å². The average Bonchev–Trinajstić information content (AvgIpc) is 3.58. The molecule has 1 fully saturated rings. The monoisotopic (exact) mass is 515 g/mol. The lowest BCUT2D eigenvalue weighted by Crippen LogP contribution is -2.39. The predicted octanol–water partition coefficient (Wildman–Crippen LogP) is 0.455. The Labute approximate surface area is 219 Å². The van der Waals surface area contributed by atoms with E-state index in [9.17, 15) is 9.59 Å². The Hall–Kier alpha value is -4.47. The number of amides is 2. The van der Waals surface area contributed by atoms with E-state index in [-0.39, 0.29) is 12.5 Å². The Kier molecular flexibility index (Phi) is 7.77. The van der Waals surface area contributed by atoms with Crippen LogP contribution in [-0.2, 0) is 20.9 Å². The third kappa shape index (κ3) is 5.74. The van der Waals surface area contributed by atoms with Crippen molar-refractivity contribution in [3.8, 4) is 23.2 Å². The van der Waals surface area contributed by atoms with E-state index in [1.54, 1.807) is 13.1 Å². The molecule has 0 spiro atoms. The number of rotatable bonds is 9. The van der Waals surface area contributed by atoms with Gasteiger partial charge in [-0.3, -0.25) is 14.7 Å². The SMILES string of the molecule is CC#CC(=O)NCC(=O)NCCNCc1cc2c(N3CCOCC3)nc(-c3cccc4[nH]ncc34)nn2c1. The molecule has 1 aromatic carbocycles. The van der Waals surface area contributed by atoms with Crippen LogP contribution in [-0.4, -0.2) is 82.5 Å². The molecule has 0 aliphatic carbocycles. The third-order valence-electron chi connectivity index (χ3n) is 6.14. The second kappa shape index (κ2) is 11.7. The highest BCUT2D eigenvalue weighted by Crippen LogP contribution is 2.29. The molecule has 1 aliphatic heterocycles. The van der Waals surface area contributed by atoms with Gasteiger partial charge in [-0.25, -0.2) is 9.50 Å². The van der Waals surface area contributed by atoms with E-state index in [2.05, 4.69) is 49.0 Å². The van der Waals surface area contributed by atoms with Gasteiger partial charge in [-0.05, 0) is 30.5 Å². The van der Waals surface area contributed by atoms with Crippen LogP contribution in [0, 0.1) is 11.8 Å². The first-order chi connectivity index (χ1) is 18.6. The number of carbonyl (C=O) groups excluding carboxylic acids is 2. The molecule has 4 aromatic rings. The second-order valence-corrected chi connectivity index (χ2v) is 8.76. The Balaban J connectivity index is 1.28. The lowest BCUT2D eigenvalue weighted by Gasteiger charge is -2.28. The number of nitrogens with zero attached hydrogens (tertiary/aromatic N) is 5. The molecular weight excluding hydrogens is 486 g/mol. The molecule has 12 heteroatoms. The van der Waals surface area contributed by atoms with Crippen LogP contribution in [0.3, 0.4) is 0 Å². The van der Waals surface area contributed by atoms with E-state index >= 15 is 0 Å². The Bertz CT molecular complexity index is 1510. The number of anilines is 1. The summed E-state index contributed by atoms with van der Waals surface area (Å²) in [6.45, 7) is 5.87. The number of aromatic amines is 1. The number of hydrogen-bond acceptors (Lipinski definition) is 8. The molecule has 38 heavy (non-hydrogen) atoms. The van der Waals surface area contributed by atoms with Crippen molar-refractivity contribution >= 4 is 34.1 Å². The van der Waals surface area contributed by atoms with Crippen LogP contribution in [0.25, 0.3) is 27.8 Å². The van der Waals surface area contributed by atoms with Gasteiger partial charge in [0.25, 0.3) is 5.91 Å². The molecule has 2 amide bonds. The Morgan fingerprint density at radius 3 is 2.89 bits per heavy atom. The Morgan fingerprint density at radius 1 is 1.18 bits per heavy atom. The first kappa shape index (κ1) is 25.2. The topological polar surface area (TPSA) is 142 Å². The first-order valence-corrected chi connectivity index (χ1v) is 12.4. The summed E-state index contributed by atoms with van der Waals surface area (Å²) in [5.41, 5.74) is 3.81. The van der Waals surface area contributed by atoms with Gasteiger partial charge in [0.1, 0.15) is 5.52 Å². The normalized spacial score (nSPS) is 13.3. The van der Waals surface area contributed by atoms with E-state index in [0.29, 0.717) is 38.7 Å². The molecule has 1 saturated heterocycles. The summed E-state index contributed by atoms with van der Waals surface area (Å²) < 4.78 is 7.44. The lowest BCUT2D eigenvalue weighted by atomic mass is 10.1. The summed E-state index contributed by atoms with van der Waals surface area (Å²) >= 11 is 0. The van der Waals surface area contributed by atoms with Gasteiger partial charge in [0.05, 0.1) is 31.5 Å². The van der Waals surface area contributed by atoms with Gasteiger partial charge >= 0.3 is 0 Å². The van der Waals surface area contributed by atoms with Crippen molar-refractivity contribution in [2.45, 2.75) is 13.5 Å². The number of morpholine rings is 1. The van der Waals surface area contributed by atoms with Crippen LogP contribution in [0.1, 0.15) is 12.5 Å². The Morgan fingerprint density at radius 2 is 2.05 bits per heavy atom. The summed E-state index contributed by atoms with van der Waals surface area (Å²) in [5.74, 6) is 5.58. The summed E-state index contributed by atoms with van der Waals surface area (Å²) in [6, 6.07) is 8.04. The molecule has 4 heterocycles. The van der Waals surface area contributed by atoms with Gasteiger partial charge in [-0.15, -0.1) is 5.10 Å². The van der Waals surface area contributed by atoms with E-state index in [1.807, 2.05) is 28.9 Å². The van der Waals surface area contributed by atoms with Crippen molar-refractivity contribution in [1.82, 2.24) is 40.7 Å². The molecule has 0 bridgehead atoms. The largest absolute Gasteiger partial charge is 0.378 e. The summed E-state index contributed by atoms with van der Waals surface area (Å²) in [7, 11) is 0. The maximum Gasteiger partial charge on any atom is 0.296 e. The highest BCUT2D eigenvalue weighted by molar-refractivity contribution is 5.95. The number of benzene rings is 1. The van der Waals surface area contributed by atoms with Crippen LogP contribution in [0.5, 0.6) is 0 Å². The standard InChI is InChI=1S/C26H29N9O3/c1-2-4-23(36)29-16-24(37)28-8-7-27-14-18-13-22-26(34-9-11-38-12-10-34)31-25(33-35(22)17-18)19-5-3-6-21-20(19)15-30-32-21/h3,5-6,13,15,17,27H,7-12,14,16H2,1H3,(H,28,37)(H,29,36)(H,30,32). The average molecular weight is 516 g/mol. The molecular formula is C26H29N9O3. The van der Waals surface area contributed by atoms with Crippen molar-refractivity contribution in [3.63, 3.8) is 0 Å². The van der Waals surface area contributed by atoms with E-state index in [4.69, 9.17) is 14.8 Å². The molecule has 0 atom stereocenters. The van der Waals surface area contributed by atoms with Crippen molar-refractivity contribution in [3.05, 3.63) is 42.2 Å². The molecule has 1 aliphatic rings. The number of aromatic nitrogens is 5. The van der Waals surface area contributed by atoms with E-state index in [0.717, 1.165) is 46.5 Å². The number of hydrogen-bond donors (Lipinski definition) is 4. The maximum atomic E-state index is 11.9. The molecule has 0 unspecified atom stereocenters. The fourth-order valence-corrected chi connectivity index (χ4v) is 4.32. The van der Waals surface area contributed by atoms with Crippen LogP contribution in [0.4, 0.5) is 5.82 Å².